The van der Waals surface area contributed by atoms with Gasteiger partial charge in [0.25, 0.3) is 5.91 Å². The van der Waals surface area contributed by atoms with E-state index in [0.717, 1.165) is 6.07 Å². The van der Waals surface area contributed by atoms with E-state index in [1.54, 1.807) is 11.8 Å². The Kier molecular flexibility index (Phi) is 5.14. The van der Waals surface area contributed by atoms with Crippen LogP contribution in [0.1, 0.15) is 71.6 Å². The molecule has 31 heavy (non-hydrogen) atoms. The van der Waals surface area contributed by atoms with E-state index in [9.17, 15) is 18.0 Å². The number of hydrogen-bond acceptors (Lipinski definition) is 6. The number of aryl methyl sites for hydroxylation is 1. The number of aromatic amines is 1. The first kappa shape index (κ1) is 21.1. The van der Waals surface area contributed by atoms with Crippen LogP contribution >= 0.6 is 0 Å². The largest absolute Gasteiger partial charge is 0.417 e. The van der Waals surface area contributed by atoms with E-state index in [4.69, 9.17) is 10.3 Å². The van der Waals surface area contributed by atoms with Gasteiger partial charge in [-0.2, -0.15) is 18.3 Å². The summed E-state index contributed by atoms with van der Waals surface area (Å²) in [6.07, 6.45) is -3.36. The predicted octanol–water partition coefficient (Wildman–Crippen LogP) is 4.00. The third-order valence-corrected chi connectivity index (χ3v) is 5.65. The molecule has 166 valence electrons. The lowest BCUT2D eigenvalue weighted by Gasteiger charge is -2.33. The summed E-state index contributed by atoms with van der Waals surface area (Å²) in [5.41, 5.74) is 5.94. The highest BCUT2D eigenvalue weighted by Crippen LogP contribution is 2.39. The number of piperidine rings is 1. The number of carbonyl (C=O) groups excluding carboxylic acids is 1. The van der Waals surface area contributed by atoms with Crippen LogP contribution in [0.25, 0.3) is 11.0 Å². The molecule has 3 N–H and O–H groups in total. The summed E-state index contributed by atoms with van der Waals surface area (Å²) in [6.45, 7) is 6.26. The number of fused-ring (bicyclic) bond motifs is 1. The normalized spacial score (nSPS) is 17.6. The summed E-state index contributed by atoms with van der Waals surface area (Å²) < 4.78 is 46.2. The first-order valence-corrected chi connectivity index (χ1v) is 10.0. The molecule has 4 heterocycles. The number of aromatic nitrogens is 4. The molecule has 1 atom stereocenters. The van der Waals surface area contributed by atoms with E-state index >= 15 is 0 Å². The maximum absolute atomic E-state index is 13.7. The Morgan fingerprint density at radius 1 is 1.39 bits per heavy atom. The van der Waals surface area contributed by atoms with Crippen LogP contribution in [0.2, 0.25) is 0 Å². The summed E-state index contributed by atoms with van der Waals surface area (Å²) >= 11 is 0. The van der Waals surface area contributed by atoms with Crippen LogP contribution in [0.15, 0.2) is 10.6 Å². The maximum atomic E-state index is 13.7. The Bertz CT molecular complexity index is 1130. The van der Waals surface area contributed by atoms with E-state index in [0.29, 0.717) is 36.4 Å². The van der Waals surface area contributed by atoms with Crippen molar-refractivity contribution in [1.82, 2.24) is 25.2 Å². The van der Waals surface area contributed by atoms with Gasteiger partial charge in [0.05, 0.1) is 16.6 Å². The number of amides is 1. The van der Waals surface area contributed by atoms with Gasteiger partial charge < -0.3 is 15.2 Å². The molecule has 8 nitrogen and oxygen atoms in total. The first-order valence-electron chi connectivity index (χ1n) is 10.0. The van der Waals surface area contributed by atoms with Crippen LogP contribution in [0, 0.1) is 6.92 Å². The Balaban J connectivity index is 1.67. The number of hydrogen-bond donors (Lipinski definition) is 2. The zero-order chi connectivity index (χ0) is 22.5. The number of pyridine rings is 1. The molecule has 1 aliphatic heterocycles. The van der Waals surface area contributed by atoms with Gasteiger partial charge in [-0.15, -0.1) is 0 Å². The molecule has 0 unspecified atom stereocenters. The topological polar surface area (TPSA) is 114 Å². The Morgan fingerprint density at radius 2 is 2.13 bits per heavy atom. The van der Waals surface area contributed by atoms with Gasteiger partial charge in [0.15, 0.2) is 5.65 Å². The number of likely N-dealkylation sites (tertiary alicyclic amines) is 1. The minimum Gasteiger partial charge on any atom is -0.383 e. The SMILES string of the molecule is Cc1onc(C(C)C)c1C(=O)N1CCC[C@H](c2cc(C(F)(F)F)c3c(N)[nH]nc3n2)C1. The van der Waals surface area contributed by atoms with Crippen molar-refractivity contribution in [3.05, 3.63) is 34.3 Å². The minimum absolute atomic E-state index is 0.000490. The van der Waals surface area contributed by atoms with Crippen LogP contribution in [0.3, 0.4) is 0 Å². The molecule has 0 spiro atoms. The number of nitrogens with zero attached hydrogens (tertiary/aromatic N) is 4. The molecule has 0 bridgehead atoms. The number of nitrogens with one attached hydrogen (secondary N) is 1. The second kappa shape index (κ2) is 7.54. The molecule has 0 aromatic carbocycles. The molecular weight excluding hydrogens is 413 g/mol. The Hall–Kier alpha value is -3.11. The molecule has 1 aliphatic rings. The van der Waals surface area contributed by atoms with E-state index in [-0.39, 0.29) is 46.8 Å². The summed E-state index contributed by atoms with van der Waals surface area (Å²) in [7, 11) is 0. The van der Waals surface area contributed by atoms with E-state index in [2.05, 4.69) is 20.3 Å². The lowest BCUT2D eigenvalue weighted by Crippen LogP contribution is -2.40. The maximum Gasteiger partial charge on any atom is 0.417 e. The van der Waals surface area contributed by atoms with Crippen molar-refractivity contribution in [3.63, 3.8) is 0 Å². The number of carbonyl (C=O) groups is 1. The fourth-order valence-electron chi connectivity index (χ4n) is 4.10. The number of anilines is 1. The van der Waals surface area contributed by atoms with E-state index in [1.807, 2.05) is 13.8 Å². The van der Waals surface area contributed by atoms with Gasteiger partial charge in [0.2, 0.25) is 0 Å². The molecule has 1 saturated heterocycles. The summed E-state index contributed by atoms with van der Waals surface area (Å²) in [5, 5.41) is 9.96. The van der Waals surface area contributed by atoms with Crippen LogP contribution in [-0.2, 0) is 6.18 Å². The van der Waals surface area contributed by atoms with Gasteiger partial charge >= 0.3 is 6.18 Å². The van der Waals surface area contributed by atoms with Crippen molar-refractivity contribution >= 4 is 22.8 Å². The minimum atomic E-state index is -4.61. The van der Waals surface area contributed by atoms with E-state index in [1.165, 1.54) is 0 Å². The molecule has 4 rings (SSSR count). The highest BCUT2D eigenvalue weighted by atomic mass is 19.4. The standard InChI is InChI=1S/C20H23F3N6O2/c1-9(2)16-14(10(3)31-28-16)19(30)29-6-4-5-11(8-29)13-7-12(20(21,22)23)15-17(24)26-27-18(15)25-13/h7,9,11H,4-6,8H2,1-3H3,(H3,24,25,26,27)/t11-/m0/s1. The monoisotopic (exact) mass is 436 g/mol. The fourth-order valence-corrected chi connectivity index (χ4v) is 4.10. The molecule has 1 fully saturated rings. The van der Waals surface area contributed by atoms with Crippen molar-refractivity contribution in [2.45, 2.75) is 51.6 Å². The van der Waals surface area contributed by atoms with Crippen molar-refractivity contribution < 1.29 is 22.5 Å². The van der Waals surface area contributed by atoms with Gasteiger partial charge in [-0.3, -0.25) is 9.89 Å². The molecule has 1 amide bonds. The number of H-pyrrole nitrogens is 1. The number of alkyl halides is 3. The third kappa shape index (κ3) is 3.72. The second-order valence-electron chi connectivity index (χ2n) is 8.17. The molecule has 3 aromatic heterocycles. The van der Waals surface area contributed by atoms with Gasteiger partial charge in [-0.25, -0.2) is 4.98 Å². The van der Waals surface area contributed by atoms with Crippen molar-refractivity contribution in [3.8, 4) is 0 Å². The lowest BCUT2D eigenvalue weighted by molar-refractivity contribution is -0.136. The smallest absolute Gasteiger partial charge is 0.383 e. The van der Waals surface area contributed by atoms with Crippen LogP contribution in [0.5, 0.6) is 0 Å². The van der Waals surface area contributed by atoms with E-state index < -0.39 is 11.7 Å². The van der Waals surface area contributed by atoms with Gasteiger partial charge in [0.1, 0.15) is 17.1 Å². The number of nitrogen functional groups attached to an aromatic ring is 1. The highest BCUT2D eigenvalue weighted by molar-refractivity contribution is 5.96. The Labute approximate surface area is 176 Å². The lowest BCUT2D eigenvalue weighted by atomic mass is 9.92. The second-order valence-corrected chi connectivity index (χ2v) is 8.17. The van der Waals surface area contributed by atoms with Crippen LogP contribution in [0.4, 0.5) is 19.0 Å². The van der Waals surface area contributed by atoms with Crippen LogP contribution in [-0.4, -0.2) is 44.2 Å². The quantitative estimate of drug-likeness (QED) is 0.642. The van der Waals surface area contributed by atoms with Crippen molar-refractivity contribution in [2.24, 2.45) is 0 Å². The van der Waals surface area contributed by atoms with Gasteiger partial charge in [-0.1, -0.05) is 19.0 Å². The van der Waals surface area contributed by atoms with Crippen LogP contribution < -0.4 is 5.73 Å². The zero-order valence-corrected chi connectivity index (χ0v) is 17.4. The molecular formula is C20H23F3N6O2. The first-order chi connectivity index (χ1) is 14.6. The molecule has 11 heteroatoms. The molecule has 3 aromatic rings. The number of nitrogens with two attached hydrogens (primary N) is 1. The average molecular weight is 436 g/mol. The number of halogens is 3. The zero-order valence-electron chi connectivity index (χ0n) is 17.4. The number of rotatable bonds is 3. The predicted molar refractivity (Wildman–Crippen MR) is 107 cm³/mol. The summed E-state index contributed by atoms with van der Waals surface area (Å²) in [5.74, 6) is -0.328. The molecule has 0 aliphatic carbocycles. The third-order valence-electron chi connectivity index (χ3n) is 5.65. The average Bonchev–Trinajstić information content (AvgIpc) is 3.29. The highest BCUT2D eigenvalue weighted by Gasteiger charge is 2.37. The molecule has 0 radical (unpaired) electrons. The summed E-state index contributed by atoms with van der Waals surface area (Å²) in [6, 6.07) is 1.02. The van der Waals surface area contributed by atoms with Gasteiger partial charge in [0, 0.05) is 24.7 Å². The van der Waals surface area contributed by atoms with Crippen molar-refractivity contribution in [2.75, 3.05) is 18.8 Å². The fraction of sp³-hybridized carbons (Fsp3) is 0.500. The van der Waals surface area contributed by atoms with Crippen molar-refractivity contribution in [1.29, 1.82) is 0 Å². The van der Waals surface area contributed by atoms with Gasteiger partial charge in [-0.05, 0) is 31.7 Å². The summed E-state index contributed by atoms with van der Waals surface area (Å²) in [4.78, 5) is 19.2. The molecule has 0 saturated carbocycles. The Morgan fingerprint density at radius 3 is 2.81 bits per heavy atom.